The van der Waals surface area contributed by atoms with Crippen molar-refractivity contribution in [2.45, 2.75) is 44.6 Å². The maximum atomic E-state index is 11.7. The van der Waals surface area contributed by atoms with Crippen LogP contribution in [0.5, 0.6) is 0 Å². The van der Waals surface area contributed by atoms with E-state index in [1.807, 2.05) is 0 Å². The van der Waals surface area contributed by atoms with Crippen LogP contribution in [0.1, 0.15) is 39.0 Å². The molecule has 0 aromatic carbocycles. The molecule has 1 aliphatic heterocycles. The maximum absolute atomic E-state index is 11.7. The number of carbonyl (C=O) groups excluding carboxylic acids is 2. The fourth-order valence-electron chi connectivity index (χ4n) is 1.95. The van der Waals surface area contributed by atoms with Gasteiger partial charge in [-0.2, -0.15) is 0 Å². The van der Waals surface area contributed by atoms with Gasteiger partial charge in [0.15, 0.2) is 11.4 Å². The van der Waals surface area contributed by atoms with E-state index in [0.717, 1.165) is 25.9 Å². The Morgan fingerprint density at radius 2 is 1.73 bits per heavy atom. The number of carbonyl (C=O) groups is 2. The number of ketones is 1. The Labute approximate surface area is 89.6 Å². The third kappa shape index (κ3) is 2.13. The van der Waals surface area contributed by atoms with E-state index < -0.39 is 5.60 Å². The lowest BCUT2D eigenvalue weighted by atomic mass is 10.1. The minimum absolute atomic E-state index is 0.0205. The molecule has 2 fully saturated rings. The van der Waals surface area contributed by atoms with E-state index in [9.17, 15) is 9.59 Å². The van der Waals surface area contributed by atoms with Crippen molar-refractivity contribution in [3.63, 3.8) is 0 Å². The topological polar surface area (TPSA) is 46.6 Å². The molecule has 0 radical (unpaired) electrons. The lowest BCUT2D eigenvalue weighted by molar-refractivity contribution is -0.127. The smallest absolute Gasteiger partial charge is 0.410 e. The number of hydrogen-bond donors (Lipinski definition) is 0. The van der Waals surface area contributed by atoms with Crippen molar-refractivity contribution in [1.29, 1.82) is 0 Å². The van der Waals surface area contributed by atoms with E-state index in [1.54, 1.807) is 4.90 Å². The van der Waals surface area contributed by atoms with Crippen LogP contribution >= 0.6 is 0 Å². The van der Waals surface area contributed by atoms with Crippen molar-refractivity contribution in [3.8, 4) is 0 Å². The van der Waals surface area contributed by atoms with Gasteiger partial charge in [-0.15, -0.1) is 0 Å². The van der Waals surface area contributed by atoms with Crippen molar-refractivity contribution in [1.82, 2.24) is 4.90 Å². The van der Waals surface area contributed by atoms with Gasteiger partial charge >= 0.3 is 6.09 Å². The van der Waals surface area contributed by atoms with E-state index in [4.69, 9.17) is 4.74 Å². The van der Waals surface area contributed by atoms with Crippen LogP contribution < -0.4 is 0 Å². The molecular weight excluding hydrogens is 194 g/mol. The monoisotopic (exact) mass is 211 g/mol. The van der Waals surface area contributed by atoms with Crippen LogP contribution in [0.4, 0.5) is 4.79 Å². The number of rotatable bonds is 2. The average Bonchev–Trinajstić information content (AvgIpc) is 3.00. The second-order valence-electron chi connectivity index (χ2n) is 4.47. The van der Waals surface area contributed by atoms with Crippen molar-refractivity contribution >= 4 is 11.9 Å². The molecule has 0 aromatic rings. The maximum Gasteiger partial charge on any atom is 0.410 e. The lowest BCUT2D eigenvalue weighted by Gasteiger charge is -2.27. The van der Waals surface area contributed by atoms with Crippen LogP contribution in [0.25, 0.3) is 0 Å². The zero-order chi connectivity index (χ0) is 10.9. The van der Waals surface area contributed by atoms with Gasteiger partial charge in [0.25, 0.3) is 0 Å². The van der Waals surface area contributed by atoms with E-state index in [-0.39, 0.29) is 11.9 Å². The summed E-state index contributed by atoms with van der Waals surface area (Å²) in [5.41, 5.74) is -0.755. The Hall–Kier alpha value is -1.06. The highest BCUT2D eigenvalue weighted by atomic mass is 16.6. The molecule has 2 rings (SSSR count). The molecule has 0 atom stereocenters. The molecule has 0 bridgehead atoms. The van der Waals surface area contributed by atoms with E-state index in [0.29, 0.717) is 12.8 Å². The lowest BCUT2D eigenvalue weighted by Crippen LogP contribution is -2.40. The highest BCUT2D eigenvalue weighted by Crippen LogP contribution is 2.40. The number of amides is 1. The molecule has 15 heavy (non-hydrogen) atoms. The molecule has 1 saturated heterocycles. The number of likely N-dealkylation sites (tertiary alicyclic amines) is 1. The Balaban J connectivity index is 1.89. The summed E-state index contributed by atoms with van der Waals surface area (Å²) in [6, 6.07) is 0. The van der Waals surface area contributed by atoms with Gasteiger partial charge in [0.2, 0.25) is 0 Å². The summed E-state index contributed by atoms with van der Waals surface area (Å²) in [7, 11) is 0. The largest absolute Gasteiger partial charge is 0.435 e. The standard InChI is InChI=1S/C11H17NO3/c1-9(13)11(5-6-11)15-10(14)12-7-3-2-4-8-12/h2-8H2,1H3. The number of Topliss-reactive ketones (excluding diaryl/α,β-unsaturated/α-hetero) is 1. The van der Waals surface area contributed by atoms with Gasteiger partial charge in [0, 0.05) is 13.1 Å². The molecule has 1 heterocycles. The first-order chi connectivity index (χ1) is 7.14. The van der Waals surface area contributed by atoms with Gasteiger partial charge in [-0.3, -0.25) is 4.79 Å². The number of ether oxygens (including phenoxy) is 1. The Morgan fingerprint density at radius 3 is 2.20 bits per heavy atom. The van der Waals surface area contributed by atoms with Gasteiger partial charge in [-0.1, -0.05) is 0 Å². The molecule has 1 saturated carbocycles. The van der Waals surface area contributed by atoms with Crippen LogP contribution in [0.3, 0.4) is 0 Å². The molecule has 4 nitrogen and oxygen atoms in total. The highest BCUT2D eigenvalue weighted by Gasteiger charge is 2.52. The van der Waals surface area contributed by atoms with Crippen LogP contribution in [0.2, 0.25) is 0 Å². The molecule has 0 spiro atoms. The van der Waals surface area contributed by atoms with E-state index in [1.165, 1.54) is 13.3 Å². The first-order valence-corrected chi connectivity index (χ1v) is 5.63. The van der Waals surface area contributed by atoms with Gasteiger partial charge in [0.05, 0.1) is 0 Å². The SMILES string of the molecule is CC(=O)C1(OC(=O)N2CCCCC2)CC1. The number of piperidine rings is 1. The molecule has 84 valence electrons. The van der Waals surface area contributed by atoms with Gasteiger partial charge in [0.1, 0.15) is 0 Å². The zero-order valence-electron chi connectivity index (χ0n) is 9.12. The molecule has 1 aliphatic carbocycles. The molecule has 2 aliphatic rings. The first kappa shape index (κ1) is 10.5. The summed E-state index contributed by atoms with van der Waals surface area (Å²) in [4.78, 5) is 24.7. The number of hydrogen-bond acceptors (Lipinski definition) is 3. The van der Waals surface area contributed by atoms with Crippen molar-refractivity contribution in [3.05, 3.63) is 0 Å². The fourth-order valence-corrected chi connectivity index (χ4v) is 1.95. The fraction of sp³-hybridized carbons (Fsp3) is 0.818. The van der Waals surface area contributed by atoms with Gasteiger partial charge in [-0.25, -0.2) is 4.79 Å². The summed E-state index contributed by atoms with van der Waals surface area (Å²) >= 11 is 0. The van der Waals surface area contributed by atoms with Gasteiger partial charge in [-0.05, 0) is 39.0 Å². The van der Waals surface area contributed by atoms with Crippen LogP contribution in [0, 0.1) is 0 Å². The summed E-state index contributed by atoms with van der Waals surface area (Å²) in [5.74, 6) is -0.0205. The van der Waals surface area contributed by atoms with E-state index in [2.05, 4.69) is 0 Å². The zero-order valence-corrected chi connectivity index (χ0v) is 9.12. The highest BCUT2D eigenvalue weighted by molar-refractivity contribution is 5.90. The minimum atomic E-state index is -0.755. The molecule has 4 heteroatoms. The van der Waals surface area contributed by atoms with Crippen molar-refractivity contribution in [2.24, 2.45) is 0 Å². The minimum Gasteiger partial charge on any atom is -0.435 e. The Kier molecular flexibility index (Phi) is 2.67. The molecule has 1 amide bonds. The van der Waals surface area contributed by atoms with Crippen LogP contribution in [-0.2, 0) is 9.53 Å². The molecule has 0 aromatic heterocycles. The second-order valence-corrected chi connectivity index (χ2v) is 4.47. The Bertz CT molecular complexity index is 278. The molecular formula is C11H17NO3. The summed E-state index contributed by atoms with van der Waals surface area (Å²) in [5, 5.41) is 0. The third-order valence-corrected chi connectivity index (χ3v) is 3.24. The summed E-state index contributed by atoms with van der Waals surface area (Å²) in [6.07, 6.45) is 4.36. The molecule has 0 unspecified atom stereocenters. The quantitative estimate of drug-likeness (QED) is 0.698. The van der Waals surface area contributed by atoms with E-state index >= 15 is 0 Å². The predicted molar refractivity (Wildman–Crippen MR) is 54.6 cm³/mol. The van der Waals surface area contributed by atoms with Crippen molar-refractivity contribution < 1.29 is 14.3 Å². The predicted octanol–water partition coefficient (Wildman–Crippen LogP) is 1.73. The molecule has 0 N–H and O–H groups in total. The first-order valence-electron chi connectivity index (χ1n) is 5.63. The summed E-state index contributed by atoms with van der Waals surface area (Å²) < 4.78 is 5.29. The van der Waals surface area contributed by atoms with Crippen LogP contribution in [0.15, 0.2) is 0 Å². The van der Waals surface area contributed by atoms with Crippen LogP contribution in [-0.4, -0.2) is 35.5 Å². The second kappa shape index (κ2) is 3.83. The average molecular weight is 211 g/mol. The third-order valence-electron chi connectivity index (χ3n) is 3.24. The normalized spacial score (nSPS) is 23.4. The number of nitrogens with zero attached hydrogens (tertiary/aromatic N) is 1. The summed E-state index contributed by atoms with van der Waals surface area (Å²) in [6.45, 7) is 3.04. The van der Waals surface area contributed by atoms with Gasteiger partial charge < -0.3 is 9.64 Å². The van der Waals surface area contributed by atoms with Crippen molar-refractivity contribution in [2.75, 3.05) is 13.1 Å². The Morgan fingerprint density at radius 1 is 1.13 bits per heavy atom.